The average Bonchev–Trinajstić information content (AvgIpc) is 2.39. The van der Waals surface area contributed by atoms with Crippen LogP contribution in [0.15, 0.2) is 0 Å². The van der Waals surface area contributed by atoms with Crippen molar-refractivity contribution in [1.82, 2.24) is 4.90 Å². The van der Waals surface area contributed by atoms with Crippen LogP contribution in [0.5, 0.6) is 0 Å². The maximum absolute atomic E-state index is 12.3. The Hall–Kier alpha value is -0.570. The fourth-order valence-electron chi connectivity index (χ4n) is 3.10. The summed E-state index contributed by atoms with van der Waals surface area (Å²) >= 11 is 0. The molecule has 0 radical (unpaired) electrons. The molecule has 1 unspecified atom stereocenters. The van der Waals surface area contributed by atoms with Crippen molar-refractivity contribution in [2.75, 3.05) is 20.1 Å². The summed E-state index contributed by atoms with van der Waals surface area (Å²) in [6.45, 7) is 7.83. The van der Waals surface area contributed by atoms with Gasteiger partial charge in [-0.3, -0.25) is 4.79 Å². The molecule has 0 aromatic rings. The van der Waals surface area contributed by atoms with E-state index in [4.69, 9.17) is 5.73 Å². The molecule has 0 heterocycles. The Morgan fingerprint density at radius 1 is 1.32 bits per heavy atom. The Balaban J connectivity index is 2.40. The summed E-state index contributed by atoms with van der Waals surface area (Å²) in [5.74, 6) is 1.56. The number of rotatable bonds is 6. The second kappa shape index (κ2) is 7.28. The van der Waals surface area contributed by atoms with Gasteiger partial charge in [0.1, 0.15) is 0 Å². The standard InChI is InChI=1S/C16H32N2O/c1-13(14-8-6-5-7-9-14)10-15(19)18(4)12-16(2,3)11-17/h13-14H,5-12,17H2,1-4H3. The van der Waals surface area contributed by atoms with Crippen molar-refractivity contribution < 1.29 is 4.79 Å². The summed E-state index contributed by atoms with van der Waals surface area (Å²) in [4.78, 5) is 14.1. The smallest absolute Gasteiger partial charge is 0.222 e. The van der Waals surface area contributed by atoms with Gasteiger partial charge in [0.25, 0.3) is 0 Å². The SMILES string of the molecule is CC(CC(=O)N(C)CC(C)(C)CN)C1CCCCC1. The van der Waals surface area contributed by atoms with Crippen molar-refractivity contribution in [2.24, 2.45) is 23.0 Å². The predicted molar refractivity (Wildman–Crippen MR) is 80.8 cm³/mol. The minimum Gasteiger partial charge on any atom is -0.345 e. The van der Waals surface area contributed by atoms with Crippen LogP contribution in [0.4, 0.5) is 0 Å². The Morgan fingerprint density at radius 2 is 1.89 bits per heavy atom. The molecule has 0 spiro atoms. The van der Waals surface area contributed by atoms with E-state index in [1.807, 2.05) is 11.9 Å². The minimum atomic E-state index is 0.0124. The molecule has 1 rings (SSSR count). The van der Waals surface area contributed by atoms with Crippen LogP contribution in [0.25, 0.3) is 0 Å². The van der Waals surface area contributed by atoms with E-state index in [1.54, 1.807) is 0 Å². The topological polar surface area (TPSA) is 46.3 Å². The van der Waals surface area contributed by atoms with Crippen molar-refractivity contribution in [3.05, 3.63) is 0 Å². The highest BCUT2D eigenvalue weighted by Crippen LogP contribution is 2.31. The van der Waals surface area contributed by atoms with E-state index in [-0.39, 0.29) is 11.3 Å². The number of amides is 1. The Kier molecular flexibility index (Phi) is 6.31. The molecule has 1 atom stereocenters. The zero-order valence-electron chi connectivity index (χ0n) is 13.2. The minimum absolute atomic E-state index is 0.0124. The van der Waals surface area contributed by atoms with Crippen LogP contribution in [0.2, 0.25) is 0 Å². The number of carbonyl (C=O) groups is 1. The van der Waals surface area contributed by atoms with Crippen LogP contribution < -0.4 is 5.73 Å². The van der Waals surface area contributed by atoms with E-state index in [9.17, 15) is 4.79 Å². The quantitative estimate of drug-likeness (QED) is 0.805. The molecular formula is C16H32N2O. The van der Waals surface area contributed by atoms with Crippen LogP contribution in [-0.2, 0) is 4.79 Å². The van der Waals surface area contributed by atoms with E-state index in [0.717, 1.165) is 12.5 Å². The van der Waals surface area contributed by atoms with Gasteiger partial charge in [0.15, 0.2) is 0 Å². The first-order valence-electron chi connectivity index (χ1n) is 7.80. The van der Waals surface area contributed by atoms with E-state index in [2.05, 4.69) is 20.8 Å². The Morgan fingerprint density at radius 3 is 2.42 bits per heavy atom. The molecule has 1 amide bonds. The van der Waals surface area contributed by atoms with Crippen LogP contribution in [0.1, 0.15) is 59.3 Å². The molecule has 2 N–H and O–H groups in total. The maximum Gasteiger partial charge on any atom is 0.222 e. The summed E-state index contributed by atoms with van der Waals surface area (Å²) in [5.41, 5.74) is 5.75. The van der Waals surface area contributed by atoms with Gasteiger partial charge < -0.3 is 10.6 Å². The molecule has 1 fully saturated rings. The molecule has 19 heavy (non-hydrogen) atoms. The van der Waals surface area contributed by atoms with Gasteiger partial charge in [-0.1, -0.05) is 52.9 Å². The van der Waals surface area contributed by atoms with Crippen molar-refractivity contribution in [2.45, 2.75) is 59.3 Å². The summed E-state index contributed by atoms with van der Waals surface area (Å²) < 4.78 is 0. The first-order chi connectivity index (χ1) is 8.85. The molecule has 3 nitrogen and oxygen atoms in total. The summed E-state index contributed by atoms with van der Waals surface area (Å²) in [7, 11) is 1.91. The average molecular weight is 268 g/mol. The molecule has 0 bridgehead atoms. The first-order valence-corrected chi connectivity index (χ1v) is 7.80. The van der Waals surface area contributed by atoms with E-state index in [0.29, 0.717) is 18.9 Å². The lowest BCUT2D eigenvalue weighted by molar-refractivity contribution is -0.132. The van der Waals surface area contributed by atoms with Crippen molar-refractivity contribution in [1.29, 1.82) is 0 Å². The van der Waals surface area contributed by atoms with Crippen molar-refractivity contribution in [3.63, 3.8) is 0 Å². The van der Waals surface area contributed by atoms with Gasteiger partial charge in [-0.2, -0.15) is 0 Å². The highest BCUT2D eigenvalue weighted by Gasteiger charge is 2.25. The third-order valence-corrected chi connectivity index (χ3v) is 4.59. The highest BCUT2D eigenvalue weighted by atomic mass is 16.2. The number of hydrogen-bond donors (Lipinski definition) is 1. The lowest BCUT2D eigenvalue weighted by Gasteiger charge is -2.32. The fourth-order valence-corrected chi connectivity index (χ4v) is 3.10. The Bertz CT molecular complexity index is 282. The molecule has 3 heteroatoms. The molecule has 1 saturated carbocycles. The number of nitrogens with zero attached hydrogens (tertiary/aromatic N) is 1. The summed E-state index contributed by atoms with van der Waals surface area (Å²) in [6.07, 6.45) is 7.39. The molecule has 0 saturated heterocycles. The Labute approximate surface area is 118 Å². The van der Waals surface area contributed by atoms with Crippen molar-refractivity contribution >= 4 is 5.91 Å². The van der Waals surface area contributed by atoms with Crippen LogP contribution in [0, 0.1) is 17.3 Å². The van der Waals surface area contributed by atoms with Gasteiger partial charge >= 0.3 is 0 Å². The molecule has 1 aliphatic carbocycles. The normalized spacial score (nSPS) is 19.2. The van der Waals surface area contributed by atoms with E-state index in [1.165, 1.54) is 32.1 Å². The predicted octanol–water partition coefficient (Wildman–Crippen LogP) is 3.04. The molecule has 0 aromatic heterocycles. The number of nitrogens with two attached hydrogens (primary N) is 1. The van der Waals surface area contributed by atoms with Crippen LogP contribution in [0.3, 0.4) is 0 Å². The first kappa shape index (κ1) is 16.5. The second-order valence-electron chi connectivity index (χ2n) is 7.20. The summed E-state index contributed by atoms with van der Waals surface area (Å²) in [6, 6.07) is 0. The monoisotopic (exact) mass is 268 g/mol. The second-order valence-corrected chi connectivity index (χ2v) is 7.20. The van der Waals surface area contributed by atoms with Gasteiger partial charge in [0.2, 0.25) is 5.91 Å². The van der Waals surface area contributed by atoms with Gasteiger partial charge in [-0.25, -0.2) is 0 Å². The third kappa shape index (κ3) is 5.52. The van der Waals surface area contributed by atoms with Gasteiger partial charge in [0.05, 0.1) is 0 Å². The number of hydrogen-bond acceptors (Lipinski definition) is 2. The lowest BCUT2D eigenvalue weighted by Crippen LogP contribution is -2.40. The largest absolute Gasteiger partial charge is 0.345 e. The third-order valence-electron chi connectivity index (χ3n) is 4.59. The van der Waals surface area contributed by atoms with Gasteiger partial charge in [-0.05, 0) is 23.8 Å². The van der Waals surface area contributed by atoms with Crippen molar-refractivity contribution in [3.8, 4) is 0 Å². The lowest BCUT2D eigenvalue weighted by atomic mass is 9.79. The molecule has 0 aromatic carbocycles. The van der Waals surface area contributed by atoms with Gasteiger partial charge in [-0.15, -0.1) is 0 Å². The molecular weight excluding hydrogens is 236 g/mol. The zero-order chi connectivity index (χ0) is 14.5. The van der Waals surface area contributed by atoms with Crippen LogP contribution >= 0.6 is 0 Å². The molecule has 112 valence electrons. The zero-order valence-corrected chi connectivity index (χ0v) is 13.2. The molecule has 1 aliphatic rings. The van der Waals surface area contributed by atoms with E-state index < -0.39 is 0 Å². The van der Waals surface area contributed by atoms with Gasteiger partial charge in [0, 0.05) is 20.0 Å². The number of carbonyl (C=O) groups excluding carboxylic acids is 1. The summed E-state index contributed by atoms with van der Waals surface area (Å²) in [5, 5.41) is 0. The highest BCUT2D eigenvalue weighted by molar-refractivity contribution is 5.76. The molecule has 0 aliphatic heterocycles. The van der Waals surface area contributed by atoms with E-state index >= 15 is 0 Å². The van der Waals surface area contributed by atoms with Crippen LogP contribution in [-0.4, -0.2) is 30.9 Å². The fraction of sp³-hybridized carbons (Fsp3) is 0.938. The maximum atomic E-state index is 12.3.